The van der Waals surface area contributed by atoms with Crippen LogP contribution in [0.5, 0.6) is 0 Å². The molecule has 6 nitrogen and oxygen atoms in total. The smallest absolute Gasteiger partial charge is 0.339 e. The highest BCUT2D eigenvalue weighted by Crippen LogP contribution is 2.58. The zero-order chi connectivity index (χ0) is 16.0. The number of nitrogens with zero attached hydrogens (tertiary/aromatic N) is 3. The Balaban J connectivity index is 1.50. The summed E-state index contributed by atoms with van der Waals surface area (Å²) in [5, 5.41) is 8.03. The Kier molecular flexibility index (Phi) is 3.37. The van der Waals surface area contributed by atoms with Crippen LogP contribution in [0.15, 0.2) is 18.3 Å². The summed E-state index contributed by atoms with van der Waals surface area (Å²) in [7, 11) is 0. The third kappa shape index (κ3) is 2.16. The van der Waals surface area contributed by atoms with E-state index in [1.54, 1.807) is 22.7 Å². The fourth-order valence-corrected chi connectivity index (χ4v) is 3.86. The molecular weight excluding hydrogens is 294 g/mol. The van der Waals surface area contributed by atoms with Gasteiger partial charge in [-0.1, -0.05) is 6.42 Å². The molecule has 2 saturated carbocycles. The quantitative estimate of drug-likeness (QED) is 0.811. The fraction of sp³-hybridized carbons (Fsp3) is 0.588. The van der Waals surface area contributed by atoms with Gasteiger partial charge < -0.3 is 9.47 Å². The van der Waals surface area contributed by atoms with E-state index in [1.807, 2.05) is 13.8 Å². The molecular formula is C17H21N3O3. The molecule has 2 fully saturated rings. The molecule has 0 radical (unpaired) electrons. The Morgan fingerprint density at radius 3 is 2.87 bits per heavy atom. The van der Waals surface area contributed by atoms with Crippen LogP contribution < -0.4 is 0 Å². The molecule has 0 N–H and O–H groups in total. The monoisotopic (exact) mass is 315 g/mol. The molecule has 0 aliphatic heterocycles. The average Bonchev–Trinajstić information content (AvgIpc) is 2.85. The number of aryl methyl sites for hydroxylation is 1. The fourth-order valence-electron chi connectivity index (χ4n) is 3.86. The predicted molar refractivity (Wildman–Crippen MR) is 83.2 cm³/mol. The number of aromatic nitrogens is 3. The molecule has 2 aromatic heterocycles. The van der Waals surface area contributed by atoms with Crippen LogP contribution in [0.3, 0.4) is 0 Å². The Bertz CT molecular complexity index is 751. The van der Waals surface area contributed by atoms with Gasteiger partial charge in [-0.15, -0.1) is 10.2 Å². The summed E-state index contributed by atoms with van der Waals surface area (Å²) in [5.41, 5.74) is 1.34. The normalized spacial score (nSPS) is 25.1. The molecule has 6 heteroatoms. The summed E-state index contributed by atoms with van der Waals surface area (Å²) in [6, 6.07) is 3.54. The number of fused-ring (bicyclic) bond motifs is 1. The van der Waals surface area contributed by atoms with Crippen molar-refractivity contribution >= 4 is 11.6 Å². The number of esters is 1. The number of carbonyl (C=O) groups is 1. The van der Waals surface area contributed by atoms with Crippen LogP contribution in [0.1, 0.15) is 48.8 Å². The Labute approximate surface area is 134 Å². The number of rotatable bonds is 4. The number of hydrogen-bond acceptors (Lipinski definition) is 5. The van der Waals surface area contributed by atoms with Crippen molar-refractivity contribution in [3.8, 4) is 0 Å². The van der Waals surface area contributed by atoms with E-state index in [4.69, 9.17) is 9.47 Å². The molecule has 0 amide bonds. The molecule has 1 spiro atoms. The molecule has 2 atom stereocenters. The van der Waals surface area contributed by atoms with E-state index in [1.165, 1.54) is 6.42 Å². The van der Waals surface area contributed by atoms with Crippen LogP contribution in [0, 0.1) is 12.3 Å². The van der Waals surface area contributed by atoms with Crippen molar-refractivity contribution < 1.29 is 14.3 Å². The van der Waals surface area contributed by atoms with E-state index in [-0.39, 0.29) is 23.6 Å². The molecule has 2 aromatic rings. The summed E-state index contributed by atoms with van der Waals surface area (Å²) in [5.74, 6) is 0.483. The highest BCUT2D eigenvalue weighted by atomic mass is 16.6. The molecule has 4 rings (SSSR count). The highest BCUT2D eigenvalue weighted by Gasteiger charge is 2.61. The second-order valence-corrected chi connectivity index (χ2v) is 6.55. The van der Waals surface area contributed by atoms with Crippen molar-refractivity contribution in [2.45, 2.75) is 51.7 Å². The van der Waals surface area contributed by atoms with Crippen molar-refractivity contribution in [3.05, 3.63) is 29.7 Å². The first-order chi connectivity index (χ1) is 11.1. The minimum Gasteiger partial charge on any atom is -0.458 e. The summed E-state index contributed by atoms with van der Waals surface area (Å²) < 4.78 is 13.4. The lowest BCUT2D eigenvalue weighted by molar-refractivity contribution is -0.225. The molecule has 122 valence electrons. The Morgan fingerprint density at radius 2 is 2.17 bits per heavy atom. The maximum absolute atomic E-state index is 12.5. The number of carbonyl (C=O) groups excluding carboxylic acids is 1. The standard InChI is InChI=1S/C17H21N3O3/c1-3-22-13-9-14(17(13)7-4-8-17)23-16(21)12-5-6-15-19-18-11(2)20(15)10-12/h5-6,10,13-14H,3-4,7-9H2,1-2H3/t13-,14+/m1/s1. The topological polar surface area (TPSA) is 65.7 Å². The lowest BCUT2D eigenvalue weighted by Crippen LogP contribution is -2.63. The van der Waals surface area contributed by atoms with Crippen LogP contribution in [-0.2, 0) is 9.47 Å². The van der Waals surface area contributed by atoms with Gasteiger partial charge in [0.05, 0.1) is 11.7 Å². The Morgan fingerprint density at radius 1 is 1.35 bits per heavy atom. The van der Waals surface area contributed by atoms with Crippen LogP contribution >= 0.6 is 0 Å². The lowest BCUT2D eigenvalue weighted by atomic mass is 9.52. The molecule has 0 aromatic carbocycles. The second-order valence-electron chi connectivity index (χ2n) is 6.55. The van der Waals surface area contributed by atoms with E-state index in [9.17, 15) is 4.79 Å². The second kappa shape index (κ2) is 5.30. The lowest BCUT2D eigenvalue weighted by Gasteiger charge is -2.59. The van der Waals surface area contributed by atoms with Gasteiger partial charge >= 0.3 is 5.97 Å². The van der Waals surface area contributed by atoms with Gasteiger partial charge in [-0.3, -0.25) is 4.40 Å². The minimum atomic E-state index is -0.272. The van der Waals surface area contributed by atoms with E-state index in [0.717, 1.165) is 37.3 Å². The van der Waals surface area contributed by atoms with E-state index in [0.29, 0.717) is 5.56 Å². The highest BCUT2D eigenvalue weighted by molar-refractivity contribution is 5.89. The average molecular weight is 315 g/mol. The molecule has 2 heterocycles. The summed E-state index contributed by atoms with van der Waals surface area (Å²) in [6.45, 7) is 4.59. The van der Waals surface area contributed by atoms with Crippen LogP contribution in [-0.4, -0.2) is 39.4 Å². The van der Waals surface area contributed by atoms with Crippen molar-refractivity contribution in [2.24, 2.45) is 5.41 Å². The van der Waals surface area contributed by atoms with Gasteiger partial charge in [0, 0.05) is 24.6 Å². The van der Waals surface area contributed by atoms with E-state index in [2.05, 4.69) is 10.2 Å². The summed E-state index contributed by atoms with van der Waals surface area (Å²) in [6.07, 6.45) is 6.19. The maximum atomic E-state index is 12.5. The van der Waals surface area contributed by atoms with Crippen molar-refractivity contribution in [1.82, 2.24) is 14.6 Å². The predicted octanol–water partition coefficient (Wildman–Crippen LogP) is 2.54. The molecule has 0 unspecified atom stereocenters. The number of ether oxygens (including phenoxy) is 2. The van der Waals surface area contributed by atoms with Crippen molar-refractivity contribution in [2.75, 3.05) is 6.61 Å². The Hall–Kier alpha value is -1.95. The molecule has 23 heavy (non-hydrogen) atoms. The van der Waals surface area contributed by atoms with Crippen molar-refractivity contribution in [3.63, 3.8) is 0 Å². The third-order valence-corrected chi connectivity index (χ3v) is 5.42. The first kappa shape index (κ1) is 14.6. The molecule has 2 aliphatic rings. The molecule has 0 bridgehead atoms. The van der Waals surface area contributed by atoms with E-state index < -0.39 is 0 Å². The zero-order valence-corrected chi connectivity index (χ0v) is 13.5. The maximum Gasteiger partial charge on any atom is 0.339 e. The largest absolute Gasteiger partial charge is 0.458 e. The van der Waals surface area contributed by atoms with Gasteiger partial charge in [-0.2, -0.15) is 0 Å². The third-order valence-electron chi connectivity index (χ3n) is 5.42. The van der Waals surface area contributed by atoms with Crippen LogP contribution in [0.2, 0.25) is 0 Å². The van der Waals surface area contributed by atoms with E-state index >= 15 is 0 Å². The van der Waals surface area contributed by atoms with Gasteiger partial charge in [0.25, 0.3) is 0 Å². The molecule has 0 saturated heterocycles. The van der Waals surface area contributed by atoms with Gasteiger partial charge in [0.1, 0.15) is 11.9 Å². The summed E-state index contributed by atoms with van der Waals surface area (Å²) in [4.78, 5) is 12.5. The van der Waals surface area contributed by atoms with Crippen LogP contribution in [0.25, 0.3) is 5.65 Å². The SMILES string of the molecule is CCO[C@@H]1C[C@H](OC(=O)c2ccc3nnc(C)n3c2)C12CCC2. The van der Waals surface area contributed by atoms with Gasteiger partial charge in [0.15, 0.2) is 5.65 Å². The van der Waals surface area contributed by atoms with Gasteiger partial charge in [-0.05, 0) is 38.8 Å². The number of pyridine rings is 1. The number of hydrogen-bond donors (Lipinski definition) is 0. The molecule has 2 aliphatic carbocycles. The van der Waals surface area contributed by atoms with Gasteiger partial charge in [0.2, 0.25) is 0 Å². The van der Waals surface area contributed by atoms with Crippen LogP contribution in [0.4, 0.5) is 0 Å². The first-order valence-electron chi connectivity index (χ1n) is 8.28. The minimum absolute atomic E-state index is 0.0157. The first-order valence-corrected chi connectivity index (χ1v) is 8.28. The zero-order valence-electron chi connectivity index (χ0n) is 13.5. The summed E-state index contributed by atoms with van der Waals surface area (Å²) >= 11 is 0. The van der Waals surface area contributed by atoms with Crippen molar-refractivity contribution in [1.29, 1.82) is 0 Å². The van der Waals surface area contributed by atoms with Gasteiger partial charge in [-0.25, -0.2) is 4.79 Å².